The molecule has 1 aliphatic carbocycles. The van der Waals surface area contributed by atoms with Crippen LogP contribution in [0.25, 0.3) is 22.3 Å². The zero-order chi connectivity index (χ0) is 26.2. The molecule has 0 bridgehead atoms. The van der Waals surface area contributed by atoms with Gasteiger partial charge < -0.3 is 19.5 Å². The van der Waals surface area contributed by atoms with Gasteiger partial charge in [0.2, 0.25) is 0 Å². The number of carbonyl (C=O) groups is 2. The minimum absolute atomic E-state index is 0.0241. The maximum Gasteiger partial charge on any atom is 0.343 e. The molecule has 0 radical (unpaired) electrons. The van der Waals surface area contributed by atoms with E-state index in [4.69, 9.17) is 14.8 Å². The second-order valence-electron chi connectivity index (χ2n) is 9.79. The van der Waals surface area contributed by atoms with E-state index < -0.39 is 24.1 Å². The van der Waals surface area contributed by atoms with Gasteiger partial charge in [-0.05, 0) is 48.9 Å². The van der Waals surface area contributed by atoms with E-state index in [0.29, 0.717) is 35.3 Å². The normalized spacial score (nSPS) is 21.6. The summed E-state index contributed by atoms with van der Waals surface area (Å²) in [7, 11) is 0. The van der Waals surface area contributed by atoms with Crippen molar-refractivity contribution in [3.05, 3.63) is 61.7 Å². The van der Waals surface area contributed by atoms with E-state index in [2.05, 4.69) is 4.99 Å². The third-order valence-corrected chi connectivity index (χ3v) is 7.96. The number of hydrogen-bond acceptors (Lipinski definition) is 7. The van der Waals surface area contributed by atoms with E-state index in [9.17, 15) is 23.9 Å². The Morgan fingerprint density at radius 1 is 1.32 bits per heavy atom. The fourth-order valence-corrected chi connectivity index (χ4v) is 5.95. The zero-order valence-electron chi connectivity index (χ0n) is 20.3. The summed E-state index contributed by atoms with van der Waals surface area (Å²) in [5.41, 5.74) is 2.31. The van der Waals surface area contributed by atoms with E-state index in [1.165, 1.54) is 16.8 Å². The highest BCUT2D eigenvalue weighted by Gasteiger charge is 2.45. The summed E-state index contributed by atoms with van der Waals surface area (Å²) >= 11 is 0. The van der Waals surface area contributed by atoms with Crippen LogP contribution in [0, 0.1) is 12.7 Å². The highest BCUT2D eigenvalue weighted by atomic mass is 19.1. The van der Waals surface area contributed by atoms with Crippen molar-refractivity contribution in [1.82, 2.24) is 9.55 Å². The Morgan fingerprint density at radius 3 is 2.84 bits per heavy atom. The standard InChI is InChI=1S/C27H24FN3O6/c1-3-27(36)17-6-20-24-15(9-31(20)25(34)16(17)11-37-26(27)35)22-13(8-29-21(33)10-32)4-5-14-12(2)18(28)7-19(30-24)23(14)22/h6-8,13,32,36H,3-5,9-11H2,1-2H3/t13?,27-/m0/s1. The molecular weight excluding hydrogens is 481 g/mol. The van der Waals surface area contributed by atoms with Gasteiger partial charge in [-0.25, -0.2) is 19.2 Å². The van der Waals surface area contributed by atoms with Gasteiger partial charge in [0.15, 0.2) is 5.60 Å². The number of aliphatic hydroxyl groups is 2. The summed E-state index contributed by atoms with van der Waals surface area (Å²) in [5, 5.41) is 21.0. The molecule has 2 aliphatic heterocycles. The average molecular weight is 506 g/mol. The third kappa shape index (κ3) is 3.18. The number of aliphatic imine (C=N–C) groups is 1. The summed E-state index contributed by atoms with van der Waals surface area (Å²) in [6, 6.07) is 2.99. The lowest BCUT2D eigenvalue weighted by atomic mass is 9.78. The van der Waals surface area contributed by atoms with Gasteiger partial charge in [0, 0.05) is 34.7 Å². The highest BCUT2D eigenvalue weighted by molar-refractivity contribution is 5.97. The summed E-state index contributed by atoms with van der Waals surface area (Å²) in [6.07, 6.45) is 2.65. The number of aromatic nitrogens is 2. The van der Waals surface area contributed by atoms with Gasteiger partial charge in [0.25, 0.3) is 11.5 Å². The van der Waals surface area contributed by atoms with Crippen LogP contribution in [-0.2, 0) is 39.5 Å². The van der Waals surface area contributed by atoms with Crippen molar-refractivity contribution in [1.29, 1.82) is 0 Å². The highest BCUT2D eigenvalue weighted by Crippen LogP contribution is 2.46. The number of carbonyl (C=O) groups excluding carboxylic acids is 2. The summed E-state index contributed by atoms with van der Waals surface area (Å²) in [5.74, 6) is -2.17. The largest absolute Gasteiger partial charge is 0.458 e. The van der Waals surface area contributed by atoms with E-state index in [0.717, 1.165) is 22.1 Å². The Morgan fingerprint density at radius 2 is 2.11 bits per heavy atom. The van der Waals surface area contributed by atoms with Gasteiger partial charge in [0.05, 0.1) is 29.0 Å². The van der Waals surface area contributed by atoms with Crippen LogP contribution in [0.5, 0.6) is 0 Å². The fraction of sp³-hybridized carbons (Fsp3) is 0.370. The predicted octanol–water partition coefficient (Wildman–Crippen LogP) is 2.15. The van der Waals surface area contributed by atoms with Crippen molar-refractivity contribution in [2.45, 2.75) is 57.8 Å². The summed E-state index contributed by atoms with van der Waals surface area (Å²) in [6.45, 7) is 2.60. The Hall–Kier alpha value is -3.76. The molecule has 0 saturated carbocycles. The molecule has 1 unspecified atom stereocenters. The van der Waals surface area contributed by atoms with Gasteiger partial charge in [-0.2, -0.15) is 0 Å². The van der Waals surface area contributed by atoms with Gasteiger partial charge in [-0.1, -0.05) is 6.92 Å². The number of aryl methyl sites for hydroxylation is 1. The molecular formula is C27H24FN3O6. The first kappa shape index (κ1) is 23.6. The lowest BCUT2D eigenvalue weighted by Gasteiger charge is -2.31. The van der Waals surface area contributed by atoms with E-state index in [1.54, 1.807) is 19.9 Å². The van der Waals surface area contributed by atoms with Gasteiger partial charge in [-0.3, -0.25) is 9.59 Å². The van der Waals surface area contributed by atoms with Crippen molar-refractivity contribution < 1.29 is 28.9 Å². The van der Waals surface area contributed by atoms with Gasteiger partial charge in [-0.15, -0.1) is 0 Å². The molecule has 0 saturated heterocycles. The van der Waals surface area contributed by atoms with E-state index >= 15 is 0 Å². The lowest BCUT2D eigenvalue weighted by Crippen LogP contribution is -2.44. The smallest absolute Gasteiger partial charge is 0.343 e. The van der Waals surface area contributed by atoms with Crippen molar-refractivity contribution in [2.75, 3.05) is 6.61 Å². The third-order valence-electron chi connectivity index (χ3n) is 7.96. The van der Waals surface area contributed by atoms with Crippen molar-refractivity contribution in [3.8, 4) is 11.4 Å². The van der Waals surface area contributed by atoms with Gasteiger partial charge >= 0.3 is 5.97 Å². The van der Waals surface area contributed by atoms with Crippen molar-refractivity contribution >= 4 is 29.0 Å². The molecule has 0 spiro atoms. The van der Waals surface area contributed by atoms with Crippen LogP contribution in [0.3, 0.4) is 0 Å². The Bertz CT molecular complexity index is 1640. The molecule has 3 aromatic rings. The topological polar surface area (TPSA) is 131 Å². The molecule has 2 aromatic heterocycles. The first-order chi connectivity index (χ1) is 17.7. The maximum atomic E-state index is 14.9. The molecule has 1 amide bonds. The molecule has 10 heteroatoms. The van der Waals surface area contributed by atoms with Crippen LogP contribution in [0.4, 0.5) is 4.39 Å². The number of halogens is 1. The molecule has 0 fully saturated rings. The molecule has 190 valence electrons. The summed E-state index contributed by atoms with van der Waals surface area (Å²) in [4.78, 5) is 46.4. The van der Waals surface area contributed by atoms with Crippen molar-refractivity contribution in [2.24, 2.45) is 4.99 Å². The second-order valence-corrected chi connectivity index (χ2v) is 9.79. The van der Waals surface area contributed by atoms with Crippen LogP contribution in [0.2, 0.25) is 0 Å². The van der Waals surface area contributed by atoms with Crippen LogP contribution in [-0.4, -0.2) is 44.5 Å². The number of pyridine rings is 2. The van der Waals surface area contributed by atoms with E-state index in [-0.39, 0.29) is 48.0 Å². The Kier molecular flexibility index (Phi) is 5.19. The first-order valence-corrected chi connectivity index (χ1v) is 12.2. The van der Waals surface area contributed by atoms with Gasteiger partial charge in [0.1, 0.15) is 19.0 Å². The number of nitrogens with zero attached hydrogens (tertiary/aromatic N) is 3. The molecule has 6 rings (SSSR count). The first-order valence-electron chi connectivity index (χ1n) is 12.2. The Labute approximate surface area is 210 Å². The quantitative estimate of drug-likeness (QED) is 0.322. The second kappa shape index (κ2) is 8.12. The number of aliphatic hydroxyl groups excluding tert-OH is 1. The van der Waals surface area contributed by atoms with E-state index in [1.807, 2.05) is 0 Å². The molecule has 9 nitrogen and oxygen atoms in total. The van der Waals surface area contributed by atoms with Crippen LogP contribution >= 0.6 is 0 Å². The average Bonchev–Trinajstić information content (AvgIpc) is 3.27. The number of benzene rings is 1. The van der Waals surface area contributed by atoms with Crippen LogP contribution in [0.15, 0.2) is 21.9 Å². The Balaban J connectivity index is 1.66. The number of esters is 1. The summed E-state index contributed by atoms with van der Waals surface area (Å²) < 4.78 is 21.6. The maximum absolute atomic E-state index is 14.9. The lowest BCUT2D eigenvalue weighted by molar-refractivity contribution is -0.172. The number of ether oxygens (including phenoxy) is 1. The SMILES string of the molecule is CC[C@@]1(O)C(=O)OCc2c1cc1n(c2=O)Cc2c-1nc1cc(F)c(C)c3c1c2C(C=NC(=O)CO)CC3. The number of amides is 1. The number of cyclic esters (lactones) is 1. The molecule has 37 heavy (non-hydrogen) atoms. The molecule has 2 atom stereocenters. The van der Waals surface area contributed by atoms with Crippen LogP contribution in [0.1, 0.15) is 59.1 Å². The minimum atomic E-state index is -1.95. The molecule has 2 N–H and O–H groups in total. The minimum Gasteiger partial charge on any atom is -0.458 e. The number of rotatable bonds is 3. The number of fused-ring (bicyclic) bond motifs is 5. The molecule has 3 aliphatic rings. The van der Waals surface area contributed by atoms with Crippen molar-refractivity contribution in [3.63, 3.8) is 0 Å². The molecule has 1 aromatic carbocycles. The zero-order valence-corrected chi connectivity index (χ0v) is 20.3. The fourth-order valence-electron chi connectivity index (χ4n) is 5.95. The molecule has 4 heterocycles. The predicted molar refractivity (Wildman–Crippen MR) is 131 cm³/mol. The van der Waals surface area contributed by atoms with Crippen LogP contribution < -0.4 is 5.56 Å². The number of hydrogen-bond donors (Lipinski definition) is 2. The monoisotopic (exact) mass is 505 g/mol.